The van der Waals surface area contributed by atoms with E-state index in [-0.39, 0.29) is 0 Å². The predicted octanol–water partition coefficient (Wildman–Crippen LogP) is 15.1. The quantitative estimate of drug-likeness (QED) is 0.173. The highest BCUT2D eigenvalue weighted by atomic mass is 16.3. The Morgan fingerprint density at radius 3 is 1.67 bits per heavy atom. The topological polar surface area (TPSA) is 29.5 Å². The Bertz CT molecular complexity index is 3150. The van der Waals surface area contributed by atoms with Crippen LogP contribution in [-0.4, -0.2) is 0 Å². The minimum absolute atomic E-state index is 0.821. The molecular formula is C52H33NO2. The molecule has 3 nitrogen and oxygen atoms in total. The zero-order chi connectivity index (χ0) is 36.3. The zero-order valence-electron chi connectivity index (χ0n) is 29.8. The van der Waals surface area contributed by atoms with Crippen molar-refractivity contribution in [2.45, 2.75) is 0 Å². The fraction of sp³-hybridized carbons (Fsp3) is 0. The lowest BCUT2D eigenvalue weighted by Crippen LogP contribution is -2.10. The van der Waals surface area contributed by atoms with Crippen LogP contribution in [0.25, 0.3) is 88.0 Å². The smallest absolute Gasteiger partial charge is 0.159 e. The Hall–Kier alpha value is -7.36. The molecule has 0 aliphatic rings. The largest absolute Gasteiger partial charge is 0.456 e. The van der Waals surface area contributed by atoms with Crippen LogP contribution in [0.2, 0.25) is 0 Å². The van der Waals surface area contributed by atoms with Crippen LogP contribution in [0.3, 0.4) is 0 Å². The lowest BCUT2D eigenvalue weighted by Gasteiger charge is -2.27. The first kappa shape index (κ1) is 31.2. The maximum absolute atomic E-state index is 7.14. The Morgan fingerprint density at radius 2 is 0.891 bits per heavy atom. The maximum atomic E-state index is 7.14. The number of furan rings is 2. The van der Waals surface area contributed by atoms with Crippen LogP contribution in [0.1, 0.15) is 0 Å². The van der Waals surface area contributed by atoms with Crippen LogP contribution in [0.4, 0.5) is 17.1 Å². The summed E-state index contributed by atoms with van der Waals surface area (Å²) in [6, 6.07) is 70.9. The van der Waals surface area contributed by atoms with Crippen LogP contribution < -0.4 is 4.90 Å². The molecule has 0 aliphatic heterocycles. The molecule has 0 aliphatic carbocycles. The number of benzene rings is 9. The van der Waals surface area contributed by atoms with Crippen LogP contribution in [0.5, 0.6) is 0 Å². The van der Waals surface area contributed by atoms with Crippen molar-refractivity contribution >= 4 is 71.7 Å². The second-order valence-corrected chi connectivity index (χ2v) is 14.1. The van der Waals surface area contributed by atoms with Gasteiger partial charge >= 0.3 is 0 Å². The Kier molecular flexibility index (Phi) is 7.17. The highest BCUT2D eigenvalue weighted by molar-refractivity contribution is 6.15. The van der Waals surface area contributed by atoms with Gasteiger partial charge < -0.3 is 13.7 Å². The van der Waals surface area contributed by atoms with Crippen molar-refractivity contribution in [2.75, 3.05) is 4.90 Å². The van der Waals surface area contributed by atoms with Gasteiger partial charge in [-0.3, -0.25) is 0 Å². The van der Waals surface area contributed by atoms with E-state index >= 15 is 0 Å². The standard InChI is InChI=1S/C52H33NO2/c1-3-14-34(15-4-1)37-30-38(35-16-5-2-6-17-35)32-40(31-37)53(39-28-29-44-43-21-9-10-27-49(43)54-50(44)33-39)48-26-13-25-47-46-24-12-23-45(51(46)55-52(47)48)42-22-11-19-36-18-7-8-20-41(36)42/h1-33H. The lowest BCUT2D eigenvalue weighted by molar-refractivity contribution is 0.668. The van der Waals surface area contributed by atoms with E-state index in [9.17, 15) is 0 Å². The highest BCUT2D eigenvalue weighted by Gasteiger charge is 2.23. The molecule has 2 aromatic heterocycles. The first-order valence-corrected chi connectivity index (χ1v) is 18.7. The second kappa shape index (κ2) is 12.6. The van der Waals surface area contributed by atoms with Gasteiger partial charge in [-0.25, -0.2) is 0 Å². The molecule has 0 atom stereocenters. The van der Waals surface area contributed by atoms with E-state index in [1.807, 2.05) is 12.1 Å². The van der Waals surface area contributed by atoms with Crippen LogP contribution in [0.15, 0.2) is 209 Å². The van der Waals surface area contributed by atoms with Crippen LogP contribution >= 0.6 is 0 Å². The number of hydrogen-bond acceptors (Lipinski definition) is 3. The summed E-state index contributed by atoms with van der Waals surface area (Å²) in [7, 11) is 0. The van der Waals surface area contributed by atoms with Gasteiger partial charge in [0.05, 0.1) is 11.4 Å². The Labute approximate surface area is 317 Å². The van der Waals surface area contributed by atoms with Crippen molar-refractivity contribution in [3.8, 4) is 33.4 Å². The van der Waals surface area contributed by atoms with E-state index in [4.69, 9.17) is 8.83 Å². The number of anilines is 3. The molecule has 9 aromatic carbocycles. The van der Waals surface area contributed by atoms with Gasteiger partial charge in [-0.15, -0.1) is 0 Å². The monoisotopic (exact) mass is 703 g/mol. The van der Waals surface area contributed by atoms with E-state index in [1.165, 1.54) is 10.8 Å². The van der Waals surface area contributed by atoms with Gasteiger partial charge in [-0.05, 0) is 81.1 Å². The van der Waals surface area contributed by atoms with Crippen molar-refractivity contribution in [3.05, 3.63) is 200 Å². The average Bonchev–Trinajstić information content (AvgIpc) is 3.83. The molecule has 11 aromatic rings. The number of fused-ring (bicyclic) bond motifs is 7. The molecule has 0 fully saturated rings. The van der Waals surface area contributed by atoms with E-state index in [0.717, 1.165) is 94.3 Å². The minimum atomic E-state index is 0.821. The van der Waals surface area contributed by atoms with Gasteiger partial charge in [0, 0.05) is 38.9 Å². The minimum Gasteiger partial charge on any atom is -0.456 e. The summed E-state index contributed by atoms with van der Waals surface area (Å²) >= 11 is 0. The predicted molar refractivity (Wildman–Crippen MR) is 229 cm³/mol. The molecule has 258 valence electrons. The molecule has 0 saturated heterocycles. The maximum Gasteiger partial charge on any atom is 0.159 e. The first-order valence-electron chi connectivity index (χ1n) is 18.7. The highest BCUT2D eigenvalue weighted by Crippen LogP contribution is 2.47. The molecule has 0 amide bonds. The normalized spacial score (nSPS) is 11.6. The third kappa shape index (κ3) is 5.20. The Morgan fingerprint density at radius 1 is 0.309 bits per heavy atom. The lowest BCUT2D eigenvalue weighted by atomic mass is 9.96. The number of nitrogens with zero attached hydrogens (tertiary/aromatic N) is 1. The number of para-hydroxylation sites is 3. The van der Waals surface area contributed by atoms with E-state index in [1.54, 1.807) is 0 Å². The molecule has 55 heavy (non-hydrogen) atoms. The molecule has 0 N–H and O–H groups in total. The van der Waals surface area contributed by atoms with Gasteiger partial charge in [0.25, 0.3) is 0 Å². The third-order valence-corrected chi connectivity index (χ3v) is 10.8. The molecule has 0 unspecified atom stereocenters. The van der Waals surface area contributed by atoms with Gasteiger partial charge in [0.15, 0.2) is 5.58 Å². The molecule has 11 rings (SSSR count). The third-order valence-electron chi connectivity index (χ3n) is 10.8. The first-order chi connectivity index (χ1) is 27.3. The molecule has 0 radical (unpaired) electrons. The summed E-state index contributed by atoms with van der Waals surface area (Å²) in [5.74, 6) is 0. The fourth-order valence-electron chi connectivity index (χ4n) is 8.27. The SMILES string of the molecule is c1ccc(-c2cc(-c3ccccc3)cc(N(c3ccc4c(c3)oc3ccccc34)c3cccc4c3oc3c(-c5cccc6ccccc56)cccc34)c2)cc1. The molecule has 0 spiro atoms. The van der Waals surface area contributed by atoms with Crippen molar-refractivity contribution in [3.63, 3.8) is 0 Å². The molecule has 0 bridgehead atoms. The van der Waals surface area contributed by atoms with E-state index in [2.05, 4.69) is 193 Å². The van der Waals surface area contributed by atoms with Crippen molar-refractivity contribution in [1.29, 1.82) is 0 Å². The van der Waals surface area contributed by atoms with Crippen molar-refractivity contribution in [1.82, 2.24) is 0 Å². The van der Waals surface area contributed by atoms with E-state index in [0.29, 0.717) is 0 Å². The molecule has 0 saturated carbocycles. The van der Waals surface area contributed by atoms with Crippen LogP contribution in [-0.2, 0) is 0 Å². The van der Waals surface area contributed by atoms with Gasteiger partial charge in [0.2, 0.25) is 0 Å². The summed E-state index contributed by atoms with van der Waals surface area (Å²) in [4.78, 5) is 2.33. The summed E-state index contributed by atoms with van der Waals surface area (Å²) in [5, 5.41) is 6.74. The van der Waals surface area contributed by atoms with E-state index < -0.39 is 0 Å². The fourth-order valence-corrected chi connectivity index (χ4v) is 8.27. The van der Waals surface area contributed by atoms with Gasteiger partial charge in [0.1, 0.15) is 16.7 Å². The summed E-state index contributed by atoms with van der Waals surface area (Å²) in [6.07, 6.45) is 0. The molecule has 3 heteroatoms. The second-order valence-electron chi connectivity index (χ2n) is 14.1. The number of rotatable bonds is 6. The number of hydrogen-bond donors (Lipinski definition) is 0. The Balaban J connectivity index is 1.20. The van der Waals surface area contributed by atoms with Gasteiger partial charge in [-0.1, -0.05) is 152 Å². The summed E-state index contributed by atoms with van der Waals surface area (Å²) < 4.78 is 13.6. The van der Waals surface area contributed by atoms with Crippen molar-refractivity contribution in [2.24, 2.45) is 0 Å². The van der Waals surface area contributed by atoms with Gasteiger partial charge in [-0.2, -0.15) is 0 Å². The zero-order valence-corrected chi connectivity index (χ0v) is 29.8. The van der Waals surface area contributed by atoms with Crippen LogP contribution in [0, 0.1) is 0 Å². The summed E-state index contributed by atoms with van der Waals surface area (Å²) in [5.41, 5.74) is 13.1. The average molecular weight is 704 g/mol. The summed E-state index contributed by atoms with van der Waals surface area (Å²) in [6.45, 7) is 0. The molecular weight excluding hydrogens is 671 g/mol. The molecule has 2 heterocycles. The van der Waals surface area contributed by atoms with Crippen molar-refractivity contribution < 1.29 is 8.83 Å².